The number of benzene rings is 2. The monoisotopic (exact) mass is 389 g/mol. The number of carbonyl (C=O) groups is 1. The number of nitrogens with one attached hydrogen (secondary N) is 1. The fraction of sp³-hybridized carbons (Fsp3) is 0.238. The zero-order valence-electron chi connectivity index (χ0n) is 15.4. The van der Waals surface area contributed by atoms with Crippen LogP contribution in [0.25, 0.3) is 21.1 Å². The smallest absolute Gasteiger partial charge is 0.247 e. The highest BCUT2D eigenvalue weighted by Gasteiger charge is 2.32. The van der Waals surface area contributed by atoms with Crippen LogP contribution in [-0.4, -0.2) is 33.4 Å². The SMILES string of the molecule is Cc1nc2ccc(NC(=O)[C@@H]3CCCN3c3ncnc4ccccc34)cc2s1. The summed E-state index contributed by atoms with van der Waals surface area (Å²) < 4.78 is 1.08. The molecule has 0 aliphatic carbocycles. The van der Waals surface area contributed by atoms with E-state index in [4.69, 9.17) is 0 Å². The number of amides is 1. The summed E-state index contributed by atoms with van der Waals surface area (Å²) in [5.41, 5.74) is 2.67. The van der Waals surface area contributed by atoms with Crippen LogP contribution in [0.4, 0.5) is 11.5 Å². The maximum Gasteiger partial charge on any atom is 0.247 e. The van der Waals surface area contributed by atoms with Crippen LogP contribution in [0, 0.1) is 6.92 Å². The van der Waals surface area contributed by atoms with Crippen LogP contribution in [-0.2, 0) is 4.79 Å². The summed E-state index contributed by atoms with van der Waals surface area (Å²) in [5, 5.41) is 5.09. The largest absolute Gasteiger partial charge is 0.344 e. The van der Waals surface area contributed by atoms with Gasteiger partial charge in [-0.3, -0.25) is 4.79 Å². The lowest BCUT2D eigenvalue weighted by atomic mass is 10.1. The Morgan fingerprint density at radius 1 is 1.18 bits per heavy atom. The predicted octanol–water partition coefficient (Wildman–Crippen LogP) is 4.16. The molecule has 0 bridgehead atoms. The van der Waals surface area contributed by atoms with E-state index in [-0.39, 0.29) is 11.9 Å². The van der Waals surface area contributed by atoms with Gasteiger partial charge in [0.05, 0.1) is 20.7 Å². The van der Waals surface area contributed by atoms with E-state index in [2.05, 4.69) is 25.2 Å². The maximum atomic E-state index is 13.1. The Labute approximate surface area is 166 Å². The summed E-state index contributed by atoms with van der Waals surface area (Å²) in [6, 6.07) is 13.6. The van der Waals surface area contributed by atoms with Gasteiger partial charge in [-0.15, -0.1) is 11.3 Å². The third-order valence-electron chi connectivity index (χ3n) is 5.11. The molecule has 2 aromatic carbocycles. The number of aromatic nitrogens is 3. The van der Waals surface area contributed by atoms with Gasteiger partial charge in [-0.2, -0.15) is 0 Å². The normalized spacial score (nSPS) is 16.8. The van der Waals surface area contributed by atoms with Gasteiger partial charge in [0.1, 0.15) is 18.2 Å². The molecular formula is C21H19N5OS. The number of aryl methyl sites for hydroxylation is 1. The van der Waals surface area contributed by atoms with E-state index >= 15 is 0 Å². The summed E-state index contributed by atoms with van der Waals surface area (Å²) in [6.45, 7) is 2.80. The quantitative estimate of drug-likeness (QED) is 0.570. The molecule has 1 fully saturated rings. The summed E-state index contributed by atoms with van der Waals surface area (Å²) in [7, 11) is 0. The Morgan fingerprint density at radius 3 is 3.00 bits per heavy atom. The Hall–Kier alpha value is -3.06. The fourth-order valence-corrected chi connectivity index (χ4v) is 4.72. The molecule has 0 saturated carbocycles. The molecule has 1 amide bonds. The van der Waals surface area contributed by atoms with Crippen LogP contribution in [0.15, 0.2) is 48.8 Å². The van der Waals surface area contributed by atoms with Crippen molar-refractivity contribution in [1.82, 2.24) is 15.0 Å². The van der Waals surface area contributed by atoms with Crippen molar-refractivity contribution in [3.63, 3.8) is 0 Å². The topological polar surface area (TPSA) is 71.0 Å². The summed E-state index contributed by atoms with van der Waals surface area (Å²) in [4.78, 5) is 28.5. The van der Waals surface area contributed by atoms with Crippen molar-refractivity contribution in [1.29, 1.82) is 0 Å². The standard InChI is InChI=1S/C21H19N5OS/c1-13-24-17-9-8-14(11-19(17)28-13)25-21(27)18-7-4-10-26(18)20-15-5-2-3-6-16(15)22-12-23-20/h2-3,5-6,8-9,11-12,18H,4,7,10H2,1H3,(H,25,27)/t18-/m0/s1. The minimum Gasteiger partial charge on any atom is -0.344 e. The molecule has 6 nitrogen and oxygen atoms in total. The molecule has 7 heteroatoms. The summed E-state index contributed by atoms with van der Waals surface area (Å²) in [6.07, 6.45) is 3.35. The van der Waals surface area contributed by atoms with Crippen molar-refractivity contribution in [3.8, 4) is 0 Å². The van der Waals surface area contributed by atoms with Crippen LogP contribution in [0.3, 0.4) is 0 Å². The van der Waals surface area contributed by atoms with Gasteiger partial charge in [-0.1, -0.05) is 12.1 Å². The van der Waals surface area contributed by atoms with Crippen LogP contribution in [0.2, 0.25) is 0 Å². The first kappa shape index (κ1) is 17.1. The van der Waals surface area contributed by atoms with E-state index in [0.717, 1.165) is 57.0 Å². The third kappa shape index (κ3) is 2.97. The highest BCUT2D eigenvalue weighted by atomic mass is 32.1. The third-order valence-corrected chi connectivity index (χ3v) is 6.05. The molecule has 28 heavy (non-hydrogen) atoms. The number of rotatable bonds is 3. The first-order chi connectivity index (χ1) is 13.7. The number of nitrogens with zero attached hydrogens (tertiary/aromatic N) is 4. The van der Waals surface area contributed by atoms with E-state index in [0.29, 0.717) is 0 Å². The minimum absolute atomic E-state index is 0.000723. The number of thiazole rings is 1. The van der Waals surface area contributed by atoms with Crippen molar-refractivity contribution >= 4 is 49.9 Å². The maximum absolute atomic E-state index is 13.1. The predicted molar refractivity (Wildman–Crippen MR) is 113 cm³/mol. The van der Waals surface area contributed by atoms with Gasteiger partial charge in [0, 0.05) is 17.6 Å². The number of carbonyl (C=O) groups excluding carboxylic acids is 1. The summed E-state index contributed by atoms with van der Waals surface area (Å²) in [5.74, 6) is 0.831. The lowest BCUT2D eigenvalue weighted by Crippen LogP contribution is -2.40. The highest BCUT2D eigenvalue weighted by Crippen LogP contribution is 2.30. The molecule has 4 aromatic rings. The van der Waals surface area contributed by atoms with E-state index in [9.17, 15) is 4.79 Å². The van der Waals surface area contributed by atoms with Gasteiger partial charge in [0.25, 0.3) is 0 Å². The molecule has 1 N–H and O–H groups in total. The van der Waals surface area contributed by atoms with Gasteiger partial charge in [-0.25, -0.2) is 15.0 Å². The Morgan fingerprint density at radius 2 is 2.07 bits per heavy atom. The zero-order chi connectivity index (χ0) is 19.1. The van der Waals surface area contributed by atoms with Crippen molar-refractivity contribution in [3.05, 3.63) is 53.8 Å². The molecule has 0 unspecified atom stereocenters. The lowest BCUT2D eigenvalue weighted by Gasteiger charge is -2.25. The number of hydrogen-bond donors (Lipinski definition) is 1. The average Bonchev–Trinajstić information content (AvgIpc) is 3.33. The number of para-hydroxylation sites is 1. The van der Waals surface area contributed by atoms with Crippen LogP contribution in [0.5, 0.6) is 0 Å². The van der Waals surface area contributed by atoms with E-state index in [1.54, 1.807) is 17.7 Å². The number of anilines is 2. The molecule has 1 aliphatic rings. The second-order valence-corrected chi connectivity index (χ2v) is 8.21. The van der Waals surface area contributed by atoms with Gasteiger partial charge in [-0.05, 0) is 50.1 Å². The van der Waals surface area contributed by atoms with Crippen molar-refractivity contribution in [2.24, 2.45) is 0 Å². The summed E-state index contributed by atoms with van der Waals surface area (Å²) >= 11 is 1.63. The molecule has 5 rings (SSSR count). The minimum atomic E-state index is -0.239. The van der Waals surface area contributed by atoms with E-state index in [1.165, 1.54) is 0 Å². The van der Waals surface area contributed by atoms with E-state index in [1.807, 2.05) is 49.4 Å². The second-order valence-electron chi connectivity index (χ2n) is 6.97. The first-order valence-electron chi connectivity index (χ1n) is 9.33. The van der Waals surface area contributed by atoms with Crippen molar-refractivity contribution in [2.75, 3.05) is 16.8 Å². The second kappa shape index (κ2) is 6.83. The van der Waals surface area contributed by atoms with Gasteiger partial charge >= 0.3 is 0 Å². The number of fused-ring (bicyclic) bond motifs is 2. The molecule has 1 saturated heterocycles. The van der Waals surface area contributed by atoms with Crippen molar-refractivity contribution < 1.29 is 4.79 Å². The fourth-order valence-electron chi connectivity index (χ4n) is 3.86. The zero-order valence-corrected chi connectivity index (χ0v) is 16.2. The highest BCUT2D eigenvalue weighted by molar-refractivity contribution is 7.18. The van der Waals surface area contributed by atoms with Crippen LogP contribution >= 0.6 is 11.3 Å². The first-order valence-corrected chi connectivity index (χ1v) is 10.2. The molecule has 0 radical (unpaired) electrons. The molecule has 1 atom stereocenters. The average molecular weight is 389 g/mol. The molecular weight excluding hydrogens is 370 g/mol. The molecule has 2 aromatic heterocycles. The molecule has 140 valence electrons. The van der Waals surface area contributed by atoms with Crippen LogP contribution < -0.4 is 10.2 Å². The van der Waals surface area contributed by atoms with Gasteiger partial charge in [0.15, 0.2) is 0 Å². The van der Waals surface area contributed by atoms with Gasteiger partial charge < -0.3 is 10.2 Å². The lowest BCUT2D eigenvalue weighted by molar-refractivity contribution is -0.117. The molecule has 3 heterocycles. The van der Waals surface area contributed by atoms with Gasteiger partial charge in [0.2, 0.25) is 5.91 Å². The van der Waals surface area contributed by atoms with Crippen molar-refractivity contribution in [2.45, 2.75) is 25.8 Å². The van der Waals surface area contributed by atoms with Crippen LogP contribution in [0.1, 0.15) is 17.8 Å². The molecule has 1 aliphatic heterocycles. The molecule has 0 spiro atoms. The Bertz CT molecular complexity index is 1180. The van der Waals surface area contributed by atoms with E-state index < -0.39 is 0 Å². The Kier molecular flexibility index (Phi) is 4.16. The Balaban J connectivity index is 1.43. The number of hydrogen-bond acceptors (Lipinski definition) is 6.